The number of nitrogens with one attached hydrogen (secondary N) is 2. The molecule has 0 aromatic carbocycles. The van der Waals surface area contributed by atoms with E-state index in [4.69, 9.17) is 5.11 Å². The van der Waals surface area contributed by atoms with E-state index in [0.29, 0.717) is 6.42 Å². The normalized spacial score (nSPS) is 11.9. The van der Waals surface area contributed by atoms with Crippen LogP contribution in [0.2, 0.25) is 0 Å². The van der Waals surface area contributed by atoms with Gasteiger partial charge in [0.15, 0.2) is 11.6 Å². The molecule has 1 amide bonds. The van der Waals surface area contributed by atoms with Gasteiger partial charge in [0.05, 0.1) is 6.20 Å². The molecular formula is C12H20N4O3. The Balaban J connectivity index is 2.82. The van der Waals surface area contributed by atoms with Gasteiger partial charge in [-0.05, 0) is 12.8 Å². The maximum atomic E-state index is 10.9. The summed E-state index contributed by atoms with van der Waals surface area (Å²) in [4.78, 5) is 18.8. The van der Waals surface area contributed by atoms with Gasteiger partial charge in [0.2, 0.25) is 11.9 Å². The van der Waals surface area contributed by atoms with Gasteiger partial charge in [-0.3, -0.25) is 10.1 Å². The second-order valence-electron chi connectivity index (χ2n) is 4.25. The van der Waals surface area contributed by atoms with Crippen molar-refractivity contribution in [3.8, 4) is 5.75 Å². The Morgan fingerprint density at radius 2 is 2.21 bits per heavy atom. The predicted molar refractivity (Wildman–Crippen MR) is 72.0 cm³/mol. The second-order valence-corrected chi connectivity index (χ2v) is 4.25. The molecule has 1 atom stereocenters. The van der Waals surface area contributed by atoms with E-state index in [9.17, 15) is 9.90 Å². The Morgan fingerprint density at radius 3 is 2.79 bits per heavy atom. The van der Waals surface area contributed by atoms with Crippen LogP contribution in [0.15, 0.2) is 6.20 Å². The number of aromatic nitrogens is 2. The van der Waals surface area contributed by atoms with Crippen LogP contribution in [-0.2, 0) is 4.79 Å². The molecule has 0 aliphatic rings. The molecule has 0 saturated carbocycles. The number of anilines is 2. The minimum absolute atomic E-state index is 0.0148. The van der Waals surface area contributed by atoms with Gasteiger partial charge in [0.25, 0.3) is 0 Å². The molecule has 1 heterocycles. The minimum Gasteiger partial charge on any atom is -0.503 e. The Bertz CT molecular complexity index is 419. The smallest absolute Gasteiger partial charge is 0.231 e. The number of hydrogen-bond donors (Lipinski definition) is 4. The Hall–Kier alpha value is -1.89. The van der Waals surface area contributed by atoms with E-state index in [2.05, 4.69) is 20.6 Å². The molecule has 0 saturated heterocycles. The zero-order valence-electron chi connectivity index (χ0n) is 11.2. The number of aromatic hydroxyl groups is 1. The molecule has 0 spiro atoms. The van der Waals surface area contributed by atoms with Gasteiger partial charge >= 0.3 is 0 Å². The lowest BCUT2D eigenvalue weighted by molar-refractivity contribution is -0.114. The number of carbonyl (C=O) groups is 1. The Morgan fingerprint density at radius 1 is 1.47 bits per heavy atom. The highest BCUT2D eigenvalue weighted by Gasteiger charge is 2.12. The molecule has 4 N–H and O–H groups in total. The van der Waals surface area contributed by atoms with Crippen LogP contribution in [-0.4, -0.2) is 38.7 Å². The van der Waals surface area contributed by atoms with Crippen molar-refractivity contribution in [3.63, 3.8) is 0 Å². The number of nitrogens with zero attached hydrogens (tertiary/aromatic N) is 2. The third kappa shape index (κ3) is 5.09. The summed E-state index contributed by atoms with van der Waals surface area (Å²) in [5.41, 5.74) is 0. The van der Waals surface area contributed by atoms with Crippen LogP contribution >= 0.6 is 0 Å². The summed E-state index contributed by atoms with van der Waals surface area (Å²) in [6.07, 6.45) is 3.58. The van der Waals surface area contributed by atoms with Crippen LogP contribution < -0.4 is 10.6 Å². The number of aliphatic hydroxyl groups is 1. The van der Waals surface area contributed by atoms with E-state index >= 15 is 0 Å². The van der Waals surface area contributed by atoms with Crippen molar-refractivity contribution < 1.29 is 15.0 Å². The monoisotopic (exact) mass is 268 g/mol. The quantitative estimate of drug-likeness (QED) is 0.590. The van der Waals surface area contributed by atoms with Crippen LogP contribution in [0, 0.1) is 0 Å². The lowest BCUT2D eigenvalue weighted by atomic mass is 10.1. The molecule has 7 nitrogen and oxygen atoms in total. The molecule has 106 valence electrons. The van der Waals surface area contributed by atoms with E-state index in [1.165, 1.54) is 13.1 Å². The molecule has 1 rings (SSSR count). The Kier molecular flexibility index (Phi) is 6.01. The molecule has 0 fully saturated rings. The van der Waals surface area contributed by atoms with Gasteiger partial charge in [-0.2, -0.15) is 4.98 Å². The first kappa shape index (κ1) is 15.2. The third-order valence-corrected chi connectivity index (χ3v) is 2.51. The average Bonchev–Trinajstić information content (AvgIpc) is 2.33. The molecule has 1 aromatic rings. The van der Waals surface area contributed by atoms with Crippen molar-refractivity contribution in [1.29, 1.82) is 0 Å². The SMILES string of the molecule is CCC[C@@H](CCO)Nc1nc(NC(C)=O)ncc1O. The van der Waals surface area contributed by atoms with E-state index in [1.807, 2.05) is 6.92 Å². The maximum absolute atomic E-state index is 10.9. The van der Waals surface area contributed by atoms with Crippen LogP contribution in [0.5, 0.6) is 5.75 Å². The van der Waals surface area contributed by atoms with Crippen LogP contribution in [0.1, 0.15) is 33.1 Å². The fraction of sp³-hybridized carbons (Fsp3) is 0.583. The van der Waals surface area contributed by atoms with Gasteiger partial charge in [0.1, 0.15) is 0 Å². The predicted octanol–water partition coefficient (Wildman–Crippen LogP) is 1.10. The highest BCUT2D eigenvalue weighted by atomic mass is 16.3. The second kappa shape index (κ2) is 7.52. The van der Waals surface area contributed by atoms with Gasteiger partial charge in [-0.15, -0.1) is 0 Å². The summed E-state index contributed by atoms with van der Waals surface area (Å²) in [6.45, 7) is 3.45. The molecule has 0 unspecified atom stereocenters. The summed E-state index contributed by atoms with van der Waals surface area (Å²) >= 11 is 0. The van der Waals surface area contributed by atoms with Gasteiger partial charge in [0, 0.05) is 19.6 Å². The van der Waals surface area contributed by atoms with Crippen molar-refractivity contribution >= 4 is 17.7 Å². The van der Waals surface area contributed by atoms with Crippen molar-refractivity contribution in [3.05, 3.63) is 6.20 Å². The number of hydrogen-bond acceptors (Lipinski definition) is 6. The van der Waals surface area contributed by atoms with E-state index in [0.717, 1.165) is 12.8 Å². The van der Waals surface area contributed by atoms with E-state index < -0.39 is 0 Å². The molecule has 0 aliphatic carbocycles. The fourth-order valence-electron chi connectivity index (χ4n) is 1.69. The van der Waals surface area contributed by atoms with E-state index in [-0.39, 0.29) is 36.1 Å². The molecule has 19 heavy (non-hydrogen) atoms. The van der Waals surface area contributed by atoms with Crippen LogP contribution in [0.3, 0.4) is 0 Å². The minimum atomic E-state index is -0.280. The van der Waals surface area contributed by atoms with E-state index in [1.54, 1.807) is 0 Å². The number of amides is 1. The fourth-order valence-corrected chi connectivity index (χ4v) is 1.69. The first-order chi connectivity index (χ1) is 9.06. The first-order valence-electron chi connectivity index (χ1n) is 6.27. The zero-order valence-corrected chi connectivity index (χ0v) is 11.2. The molecule has 0 bridgehead atoms. The van der Waals surface area contributed by atoms with Crippen molar-refractivity contribution in [2.75, 3.05) is 17.2 Å². The first-order valence-corrected chi connectivity index (χ1v) is 6.27. The van der Waals surface area contributed by atoms with Gasteiger partial charge in [-0.1, -0.05) is 13.3 Å². The van der Waals surface area contributed by atoms with Crippen LogP contribution in [0.25, 0.3) is 0 Å². The lowest BCUT2D eigenvalue weighted by Gasteiger charge is -2.18. The Labute approximate surface area is 112 Å². The standard InChI is InChI=1S/C12H20N4O3/c1-3-4-9(5-6-17)15-11-10(19)7-13-12(16-11)14-8(2)18/h7,9,17,19H,3-6H2,1-2H3,(H2,13,14,15,16,18)/t9-/m0/s1. The van der Waals surface area contributed by atoms with Crippen molar-refractivity contribution in [1.82, 2.24) is 9.97 Å². The largest absolute Gasteiger partial charge is 0.503 e. The molecule has 0 aliphatic heterocycles. The summed E-state index contributed by atoms with van der Waals surface area (Å²) in [5, 5.41) is 24.2. The maximum Gasteiger partial charge on any atom is 0.231 e. The van der Waals surface area contributed by atoms with Crippen molar-refractivity contribution in [2.24, 2.45) is 0 Å². The number of carbonyl (C=O) groups excluding carboxylic acids is 1. The highest BCUT2D eigenvalue weighted by Crippen LogP contribution is 2.22. The molecular weight excluding hydrogens is 248 g/mol. The zero-order chi connectivity index (χ0) is 14.3. The van der Waals surface area contributed by atoms with Gasteiger partial charge in [-0.25, -0.2) is 4.98 Å². The summed E-state index contributed by atoms with van der Waals surface area (Å²) in [7, 11) is 0. The van der Waals surface area contributed by atoms with Gasteiger partial charge < -0.3 is 15.5 Å². The number of rotatable bonds is 7. The van der Waals surface area contributed by atoms with Crippen LogP contribution in [0.4, 0.5) is 11.8 Å². The average molecular weight is 268 g/mol. The summed E-state index contributed by atoms with van der Waals surface area (Å²) in [6, 6.07) is 0.0148. The summed E-state index contributed by atoms with van der Waals surface area (Å²) < 4.78 is 0. The molecule has 7 heteroatoms. The third-order valence-electron chi connectivity index (χ3n) is 2.51. The molecule has 0 radical (unpaired) electrons. The number of aliphatic hydroxyl groups excluding tert-OH is 1. The van der Waals surface area contributed by atoms with Crippen molar-refractivity contribution in [2.45, 2.75) is 39.2 Å². The molecule has 1 aromatic heterocycles. The lowest BCUT2D eigenvalue weighted by Crippen LogP contribution is -2.22. The summed E-state index contributed by atoms with van der Waals surface area (Å²) in [5.74, 6) is 0.0166. The topological polar surface area (TPSA) is 107 Å². The highest BCUT2D eigenvalue weighted by molar-refractivity contribution is 5.86.